The minimum atomic E-state index is -0.295. The van der Waals surface area contributed by atoms with Crippen LogP contribution in [0.25, 0.3) is 0 Å². The highest BCUT2D eigenvalue weighted by atomic mass is 16.3. The highest BCUT2D eigenvalue weighted by Gasteiger charge is 2.25. The van der Waals surface area contributed by atoms with Crippen LogP contribution in [0.15, 0.2) is 18.2 Å². The van der Waals surface area contributed by atoms with E-state index in [-0.39, 0.29) is 6.10 Å². The highest BCUT2D eigenvalue weighted by Crippen LogP contribution is 2.34. The summed E-state index contributed by atoms with van der Waals surface area (Å²) in [5.74, 6) is 0. The van der Waals surface area contributed by atoms with Gasteiger partial charge in [0.25, 0.3) is 0 Å². The van der Waals surface area contributed by atoms with Crippen molar-refractivity contribution in [1.82, 2.24) is 0 Å². The molecule has 1 unspecified atom stereocenters. The van der Waals surface area contributed by atoms with Crippen molar-refractivity contribution in [3.63, 3.8) is 0 Å². The molecule has 0 spiro atoms. The molecule has 1 aromatic carbocycles. The molecule has 1 aliphatic rings. The van der Waals surface area contributed by atoms with Crippen LogP contribution in [0.5, 0.6) is 0 Å². The number of anilines is 1. The Morgan fingerprint density at radius 1 is 1.05 bits per heavy atom. The SMILES string of the molecule is CCCC(O)c1ccc2c(c1)CCN2C(CCC)CCC. The second kappa shape index (κ2) is 7.84. The van der Waals surface area contributed by atoms with E-state index in [0.717, 1.165) is 31.4 Å². The first-order valence-corrected chi connectivity index (χ1v) is 8.78. The number of hydrogen-bond donors (Lipinski definition) is 1. The summed E-state index contributed by atoms with van der Waals surface area (Å²) in [7, 11) is 0. The molecule has 1 N–H and O–H groups in total. The van der Waals surface area contributed by atoms with Crippen LogP contribution >= 0.6 is 0 Å². The summed E-state index contributed by atoms with van der Waals surface area (Å²) in [6.07, 6.45) is 7.80. The van der Waals surface area contributed by atoms with Gasteiger partial charge in [-0.05, 0) is 42.9 Å². The summed E-state index contributed by atoms with van der Waals surface area (Å²) in [6.45, 7) is 7.83. The van der Waals surface area contributed by atoms with E-state index in [1.165, 1.54) is 36.9 Å². The van der Waals surface area contributed by atoms with Crippen LogP contribution in [0.1, 0.15) is 76.5 Å². The lowest BCUT2D eigenvalue weighted by atomic mass is 10.0. The summed E-state index contributed by atoms with van der Waals surface area (Å²) in [5.41, 5.74) is 3.94. The van der Waals surface area contributed by atoms with Crippen LogP contribution in [0.4, 0.5) is 5.69 Å². The fourth-order valence-electron chi connectivity index (χ4n) is 3.60. The van der Waals surface area contributed by atoms with Gasteiger partial charge in [0.05, 0.1) is 6.10 Å². The van der Waals surface area contributed by atoms with Gasteiger partial charge in [-0.15, -0.1) is 0 Å². The quantitative estimate of drug-likeness (QED) is 0.739. The molecule has 0 bridgehead atoms. The first kappa shape index (κ1) is 16.4. The molecule has 1 aromatic rings. The Balaban J connectivity index is 2.16. The number of hydrogen-bond acceptors (Lipinski definition) is 2. The molecule has 1 aliphatic heterocycles. The van der Waals surface area contributed by atoms with Crippen LogP contribution in [0.3, 0.4) is 0 Å². The molecule has 0 saturated carbocycles. The number of fused-ring (bicyclic) bond motifs is 1. The van der Waals surface area contributed by atoms with E-state index in [9.17, 15) is 5.11 Å². The number of benzene rings is 1. The maximum absolute atomic E-state index is 10.2. The van der Waals surface area contributed by atoms with Gasteiger partial charge in [0.2, 0.25) is 0 Å². The van der Waals surface area contributed by atoms with E-state index in [0.29, 0.717) is 6.04 Å². The molecule has 0 aliphatic carbocycles. The monoisotopic (exact) mass is 289 g/mol. The summed E-state index contributed by atoms with van der Waals surface area (Å²) in [5, 5.41) is 10.2. The molecule has 2 nitrogen and oxygen atoms in total. The van der Waals surface area contributed by atoms with E-state index in [1.54, 1.807) is 0 Å². The molecule has 0 fully saturated rings. The predicted octanol–water partition coefficient (Wildman–Crippen LogP) is 4.85. The lowest BCUT2D eigenvalue weighted by molar-refractivity contribution is 0.166. The van der Waals surface area contributed by atoms with Crippen molar-refractivity contribution < 1.29 is 5.11 Å². The standard InChI is InChI=1S/C19H31NO/c1-4-7-17(8-5-2)20-13-12-15-14-16(10-11-18(15)20)19(21)9-6-3/h10-11,14,17,19,21H,4-9,12-13H2,1-3H3. The van der Waals surface area contributed by atoms with Crippen LogP contribution < -0.4 is 4.90 Å². The average molecular weight is 289 g/mol. The zero-order valence-corrected chi connectivity index (χ0v) is 13.9. The van der Waals surface area contributed by atoms with Gasteiger partial charge >= 0.3 is 0 Å². The van der Waals surface area contributed by atoms with Gasteiger partial charge in [-0.3, -0.25) is 0 Å². The van der Waals surface area contributed by atoms with E-state index >= 15 is 0 Å². The van der Waals surface area contributed by atoms with Crippen LogP contribution in [-0.4, -0.2) is 17.7 Å². The van der Waals surface area contributed by atoms with Crippen molar-refractivity contribution >= 4 is 5.69 Å². The normalized spacial score (nSPS) is 15.6. The summed E-state index contributed by atoms with van der Waals surface area (Å²) >= 11 is 0. The van der Waals surface area contributed by atoms with Gasteiger partial charge in [-0.1, -0.05) is 52.2 Å². The Morgan fingerprint density at radius 3 is 2.33 bits per heavy atom. The third-order valence-corrected chi connectivity index (χ3v) is 4.67. The number of rotatable bonds is 8. The van der Waals surface area contributed by atoms with Gasteiger partial charge in [-0.2, -0.15) is 0 Å². The fraction of sp³-hybridized carbons (Fsp3) is 0.684. The molecule has 0 saturated heterocycles. The number of aliphatic hydroxyl groups excluding tert-OH is 1. The van der Waals surface area contributed by atoms with Crippen LogP contribution in [0, 0.1) is 0 Å². The molecule has 2 rings (SSSR count). The maximum atomic E-state index is 10.2. The van der Waals surface area contributed by atoms with Gasteiger partial charge < -0.3 is 10.0 Å². The fourth-order valence-corrected chi connectivity index (χ4v) is 3.60. The van der Waals surface area contributed by atoms with Crippen molar-refractivity contribution in [3.8, 4) is 0 Å². The molecule has 21 heavy (non-hydrogen) atoms. The zero-order chi connectivity index (χ0) is 15.2. The van der Waals surface area contributed by atoms with Gasteiger partial charge in [0.1, 0.15) is 0 Å². The number of aliphatic hydroxyl groups is 1. The van der Waals surface area contributed by atoms with Crippen LogP contribution in [0.2, 0.25) is 0 Å². The Hall–Kier alpha value is -1.02. The number of nitrogens with zero attached hydrogens (tertiary/aromatic N) is 1. The largest absolute Gasteiger partial charge is 0.388 e. The minimum Gasteiger partial charge on any atom is -0.388 e. The Morgan fingerprint density at radius 2 is 1.71 bits per heavy atom. The summed E-state index contributed by atoms with van der Waals surface area (Å²) < 4.78 is 0. The van der Waals surface area contributed by atoms with Crippen molar-refractivity contribution in [2.75, 3.05) is 11.4 Å². The van der Waals surface area contributed by atoms with E-state index < -0.39 is 0 Å². The molecule has 0 radical (unpaired) electrons. The van der Waals surface area contributed by atoms with Crippen molar-refractivity contribution in [3.05, 3.63) is 29.3 Å². The third kappa shape index (κ3) is 3.79. The predicted molar refractivity (Wildman–Crippen MR) is 91.0 cm³/mol. The van der Waals surface area contributed by atoms with Crippen LogP contribution in [-0.2, 0) is 6.42 Å². The molecule has 0 aromatic heterocycles. The van der Waals surface area contributed by atoms with Gasteiger partial charge in [0, 0.05) is 18.3 Å². The zero-order valence-electron chi connectivity index (χ0n) is 13.9. The lowest BCUT2D eigenvalue weighted by Gasteiger charge is -2.30. The summed E-state index contributed by atoms with van der Waals surface area (Å²) in [4.78, 5) is 2.61. The first-order valence-electron chi connectivity index (χ1n) is 8.78. The molecule has 1 heterocycles. The smallest absolute Gasteiger partial charge is 0.0790 e. The van der Waals surface area contributed by atoms with Gasteiger partial charge in [-0.25, -0.2) is 0 Å². The van der Waals surface area contributed by atoms with Crippen molar-refractivity contribution in [2.45, 2.75) is 77.9 Å². The average Bonchev–Trinajstić information content (AvgIpc) is 2.90. The highest BCUT2D eigenvalue weighted by molar-refractivity contribution is 5.60. The van der Waals surface area contributed by atoms with Crippen molar-refractivity contribution in [1.29, 1.82) is 0 Å². The topological polar surface area (TPSA) is 23.5 Å². The van der Waals surface area contributed by atoms with E-state index in [2.05, 4.69) is 43.9 Å². The molecular formula is C19H31NO. The molecule has 0 amide bonds. The van der Waals surface area contributed by atoms with Crippen molar-refractivity contribution in [2.24, 2.45) is 0 Å². The molecule has 2 heteroatoms. The Labute approximate surface area is 130 Å². The summed E-state index contributed by atoms with van der Waals surface area (Å²) in [6, 6.07) is 7.30. The minimum absolute atomic E-state index is 0.295. The second-order valence-electron chi connectivity index (χ2n) is 6.37. The van der Waals surface area contributed by atoms with Gasteiger partial charge in [0.15, 0.2) is 0 Å². The molecule has 118 valence electrons. The lowest BCUT2D eigenvalue weighted by Crippen LogP contribution is -2.33. The van der Waals surface area contributed by atoms with E-state index in [1.807, 2.05) is 0 Å². The van der Waals surface area contributed by atoms with E-state index in [4.69, 9.17) is 0 Å². The third-order valence-electron chi connectivity index (χ3n) is 4.67. The Bertz CT molecular complexity index is 437. The molecular weight excluding hydrogens is 258 g/mol. The second-order valence-corrected chi connectivity index (χ2v) is 6.37. The maximum Gasteiger partial charge on any atom is 0.0790 e. The Kier molecular flexibility index (Phi) is 6.10. The molecule has 1 atom stereocenters. The first-order chi connectivity index (χ1) is 10.2.